The molecule has 3 nitrogen and oxygen atoms in total. The number of fused-ring (bicyclic) bond motifs is 4. The van der Waals surface area contributed by atoms with Crippen molar-refractivity contribution >= 4 is 74.5 Å². The van der Waals surface area contributed by atoms with Crippen molar-refractivity contribution in [1.82, 2.24) is 0 Å². The van der Waals surface area contributed by atoms with Crippen LogP contribution in [0.4, 0.5) is 45.5 Å². The summed E-state index contributed by atoms with van der Waals surface area (Å²) in [6, 6.07) is 115. The van der Waals surface area contributed by atoms with Crippen LogP contribution in [0.2, 0.25) is 0 Å². The molecule has 0 unspecified atom stereocenters. The van der Waals surface area contributed by atoms with Crippen molar-refractivity contribution < 1.29 is 0 Å². The summed E-state index contributed by atoms with van der Waals surface area (Å²) in [4.78, 5) is 4.93. The van der Waals surface area contributed by atoms with Crippen LogP contribution in [0.25, 0.3) is 77.5 Å². The van der Waals surface area contributed by atoms with Gasteiger partial charge in [-0.25, -0.2) is 0 Å². The fourth-order valence-corrected chi connectivity index (χ4v) is 11.7. The van der Waals surface area contributed by atoms with E-state index in [1.165, 1.54) is 88.7 Å². The van der Waals surface area contributed by atoms with E-state index in [0.29, 0.717) is 0 Å². The molecule has 0 atom stereocenters. The zero-order valence-corrected chi connectivity index (χ0v) is 44.1. The average Bonchev–Trinajstić information content (AvgIpc) is 3.54. The molecule has 4 heteroatoms. The Labute approximate surface area is 469 Å². The minimum absolute atomic E-state index is 0.743. The summed E-state index contributed by atoms with van der Waals surface area (Å²) >= 11 is 0. The topological polar surface area (TPSA) is 18.5 Å². The summed E-state index contributed by atoms with van der Waals surface area (Å²) in [5, 5.41) is 6.45. The smallest absolute Gasteiger partial charge is 0.198 e. The maximum atomic E-state index is 4.07. The van der Waals surface area contributed by atoms with Crippen LogP contribution in [0, 0.1) is 0 Å². The Morgan fingerprint density at radius 1 is 0.312 bits per heavy atom. The SMILES string of the molecule is B1c2ccc(-c3ccccc3)cc2N(c2cccc(-c3ccccc3)c2)c2c1c(-c1ccc(N(c3ccc(-c4ccccc4)cc3)c3ccc(-c4ccccc4)cc3)cc1Nc1cccc(-c3ccccc3)c1)cc1ccccc21. The van der Waals surface area contributed by atoms with E-state index < -0.39 is 0 Å². The van der Waals surface area contributed by atoms with Gasteiger partial charge in [0.05, 0.1) is 0 Å². The highest BCUT2D eigenvalue weighted by Gasteiger charge is 2.31. The van der Waals surface area contributed by atoms with Gasteiger partial charge in [-0.1, -0.05) is 248 Å². The molecule has 1 aliphatic rings. The summed E-state index contributed by atoms with van der Waals surface area (Å²) in [6.45, 7) is 0. The molecule has 0 amide bonds. The molecular weight excluding hydrogens is 966 g/mol. The summed E-state index contributed by atoms with van der Waals surface area (Å²) in [5.74, 6) is 0. The molecule has 14 rings (SSSR count). The van der Waals surface area contributed by atoms with Gasteiger partial charge in [0.1, 0.15) is 0 Å². The Hall–Kier alpha value is -10.4. The van der Waals surface area contributed by atoms with Crippen molar-refractivity contribution in [3.63, 3.8) is 0 Å². The average molecular weight is 1020 g/mol. The van der Waals surface area contributed by atoms with Crippen molar-refractivity contribution in [2.75, 3.05) is 15.1 Å². The highest BCUT2D eigenvalue weighted by atomic mass is 15.2. The van der Waals surface area contributed by atoms with E-state index >= 15 is 0 Å². The second kappa shape index (κ2) is 21.2. The molecule has 13 aromatic rings. The summed E-state index contributed by atoms with van der Waals surface area (Å²) in [6.07, 6.45) is 0. The van der Waals surface area contributed by atoms with Crippen LogP contribution >= 0.6 is 0 Å². The van der Waals surface area contributed by atoms with Gasteiger partial charge in [0, 0.05) is 56.4 Å². The molecular formula is C76H54BN3. The molecule has 0 saturated carbocycles. The number of hydrogen-bond donors (Lipinski definition) is 1. The Bertz CT molecular complexity index is 4240. The van der Waals surface area contributed by atoms with Gasteiger partial charge >= 0.3 is 0 Å². The number of hydrogen-bond acceptors (Lipinski definition) is 3. The summed E-state index contributed by atoms with van der Waals surface area (Å²) < 4.78 is 0. The Morgan fingerprint density at radius 2 is 0.762 bits per heavy atom. The maximum absolute atomic E-state index is 4.07. The third kappa shape index (κ3) is 9.40. The minimum Gasteiger partial charge on any atom is -0.355 e. The van der Waals surface area contributed by atoms with Crippen LogP contribution in [-0.2, 0) is 0 Å². The standard InChI is InChI=1S/C76H54BN3/c1-6-20-53(21-7-1)58-36-41-65(42-37-58)79(66-43-38-59(39-44-66)54-22-8-2-9-23-54)68-45-46-70(73(52-68)78-64-33-18-31-60(48-64)55-24-10-3-11-25-55)71-50-63-30-16-17-35-69(63)76-75(71)77-72-47-40-62(57-28-14-5-15-29-57)51-74(72)80(76)67-34-19-32-61(49-67)56-26-12-4-13-27-56/h1-52,77-78H. The molecule has 376 valence electrons. The van der Waals surface area contributed by atoms with Crippen LogP contribution in [0.1, 0.15) is 0 Å². The van der Waals surface area contributed by atoms with Crippen molar-refractivity contribution in [1.29, 1.82) is 0 Å². The van der Waals surface area contributed by atoms with E-state index in [0.717, 1.165) is 52.5 Å². The first-order chi connectivity index (χ1) is 39.6. The van der Waals surface area contributed by atoms with Crippen LogP contribution in [0.15, 0.2) is 315 Å². The van der Waals surface area contributed by atoms with Gasteiger partial charge in [0.15, 0.2) is 7.28 Å². The first-order valence-corrected chi connectivity index (χ1v) is 27.5. The van der Waals surface area contributed by atoms with E-state index in [4.69, 9.17) is 0 Å². The second-order valence-electron chi connectivity index (χ2n) is 20.6. The zero-order valence-electron chi connectivity index (χ0n) is 44.1. The molecule has 0 fully saturated rings. The van der Waals surface area contributed by atoms with Crippen molar-refractivity contribution in [3.05, 3.63) is 315 Å². The van der Waals surface area contributed by atoms with E-state index in [9.17, 15) is 0 Å². The molecule has 0 aliphatic carbocycles. The summed E-state index contributed by atoms with van der Waals surface area (Å²) in [5.41, 5.74) is 25.2. The molecule has 1 heterocycles. The van der Waals surface area contributed by atoms with Gasteiger partial charge in [-0.3, -0.25) is 0 Å². The first kappa shape index (κ1) is 48.0. The lowest BCUT2D eigenvalue weighted by atomic mass is 9.57. The third-order valence-electron chi connectivity index (χ3n) is 15.6. The number of benzene rings is 13. The molecule has 1 N–H and O–H groups in total. The normalized spacial score (nSPS) is 11.6. The molecule has 0 radical (unpaired) electrons. The van der Waals surface area contributed by atoms with Gasteiger partial charge < -0.3 is 15.1 Å². The molecule has 0 spiro atoms. The highest BCUT2D eigenvalue weighted by Crippen LogP contribution is 2.47. The zero-order chi connectivity index (χ0) is 53.2. The molecule has 13 aromatic carbocycles. The van der Waals surface area contributed by atoms with Gasteiger partial charge in [-0.05, 0) is 145 Å². The highest BCUT2D eigenvalue weighted by molar-refractivity contribution is 6.74. The van der Waals surface area contributed by atoms with Crippen molar-refractivity contribution in [2.24, 2.45) is 0 Å². The van der Waals surface area contributed by atoms with Gasteiger partial charge in [-0.15, -0.1) is 0 Å². The lowest BCUT2D eigenvalue weighted by Crippen LogP contribution is -2.41. The number of rotatable bonds is 12. The van der Waals surface area contributed by atoms with E-state index in [1.807, 2.05) is 0 Å². The minimum atomic E-state index is 0.743. The lowest BCUT2D eigenvalue weighted by Gasteiger charge is -2.36. The maximum Gasteiger partial charge on any atom is 0.198 e. The van der Waals surface area contributed by atoms with Gasteiger partial charge in [0.25, 0.3) is 0 Å². The summed E-state index contributed by atoms with van der Waals surface area (Å²) in [7, 11) is 0.743. The Morgan fingerprint density at radius 3 is 1.34 bits per heavy atom. The van der Waals surface area contributed by atoms with E-state index in [1.54, 1.807) is 0 Å². The van der Waals surface area contributed by atoms with Crippen LogP contribution in [0.5, 0.6) is 0 Å². The first-order valence-electron chi connectivity index (χ1n) is 27.5. The number of nitrogens with one attached hydrogen (secondary N) is 1. The van der Waals surface area contributed by atoms with Crippen molar-refractivity contribution in [2.45, 2.75) is 0 Å². The largest absolute Gasteiger partial charge is 0.355 e. The molecule has 0 aromatic heterocycles. The van der Waals surface area contributed by atoms with Crippen LogP contribution in [0.3, 0.4) is 0 Å². The van der Waals surface area contributed by atoms with E-state index in [2.05, 4.69) is 331 Å². The van der Waals surface area contributed by atoms with Crippen molar-refractivity contribution in [3.8, 4) is 66.8 Å². The predicted molar refractivity (Wildman–Crippen MR) is 342 cm³/mol. The van der Waals surface area contributed by atoms with Crippen LogP contribution in [-0.4, -0.2) is 7.28 Å². The Kier molecular flexibility index (Phi) is 12.7. The van der Waals surface area contributed by atoms with Crippen LogP contribution < -0.4 is 26.0 Å². The van der Waals surface area contributed by atoms with E-state index in [-0.39, 0.29) is 0 Å². The fraction of sp³-hybridized carbons (Fsp3) is 0. The molecule has 1 aliphatic heterocycles. The molecule has 80 heavy (non-hydrogen) atoms. The number of anilines is 8. The Balaban J connectivity index is 0.983. The van der Waals surface area contributed by atoms with Gasteiger partial charge in [0.2, 0.25) is 0 Å². The second-order valence-corrected chi connectivity index (χ2v) is 20.6. The fourth-order valence-electron chi connectivity index (χ4n) is 11.7. The third-order valence-corrected chi connectivity index (χ3v) is 15.6. The quantitative estimate of drug-likeness (QED) is 0.123. The van der Waals surface area contributed by atoms with Gasteiger partial charge in [-0.2, -0.15) is 0 Å². The predicted octanol–water partition coefficient (Wildman–Crippen LogP) is 19.2. The number of nitrogens with zero attached hydrogens (tertiary/aromatic N) is 2. The molecule has 0 bridgehead atoms. The lowest BCUT2D eigenvalue weighted by molar-refractivity contribution is 1.28. The monoisotopic (exact) mass is 1020 g/mol. The molecule has 0 saturated heterocycles.